The van der Waals surface area contributed by atoms with Crippen molar-refractivity contribution in [2.75, 3.05) is 11.9 Å². The molecule has 0 fully saturated rings. The molecule has 22 heavy (non-hydrogen) atoms. The largest absolute Gasteiger partial charge is 0.461 e. The Hall–Kier alpha value is -2.72. The lowest BCUT2D eigenvalue weighted by Gasteiger charge is -2.07. The van der Waals surface area contributed by atoms with E-state index in [4.69, 9.17) is 4.74 Å². The van der Waals surface area contributed by atoms with Crippen LogP contribution in [0, 0.1) is 11.3 Å². The third-order valence-corrected chi connectivity index (χ3v) is 3.60. The van der Waals surface area contributed by atoms with Crippen LogP contribution in [-0.4, -0.2) is 23.5 Å². The maximum absolute atomic E-state index is 12.2. The topological polar surface area (TPSA) is 92.1 Å². The van der Waals surface area contributed by atoms with Gasteiger partial charge in [0.2, 0.25) is 5.91 Å². The van der Waals surface area contributed by atoms with Crippen LogP contribution in [0.1, 0.15) is 28.3 Å². The number of carbonyl (C=O) groups is 2. The van der Waals surface area contributed by atoms with Crippen LogP contribution in [0.2, 0.25) is 0 Å². The van der Waals surface area contributed by atoms with Gasteiger partial charge in [0.25, 0.3) is 0 Å². The highest BCUT2D eigenvalue weighted by Gasteiger charge is 2.25. The minimum atomic E-state index is -1.08. The summed E-state index contributed by atoms with van der Waals surface area (Å²) in [5, 5.41) is 13.6. The molecule has 1 heterocycles. The van der Waals surface area contributed by atoms with Crippen molar-refractivity contribution in [2.24, 2.45) is 0 Å². The molecule has 1 amide bonds. The van der Waals surface area contributed by atoms with Gasteiger partial charge in [0, 0.05) is 11.1 Å². The number of hydrogen-bond acceptors (Lipinski definition) is 6. The number of esters is 1. The quantitative estimate of drug-likeness (QED) is 0.856. The number of carbonyl (C=O) groups excluding carboxylic acids is 2. The lowest BCUT2D eigenvalue weighted by atomic mass is 10.1. The Bertz CT molecular complexity index is 706. The SMILES string of the molecule is CCOC(=O)c1csc([C@H](C#N)C(=O)Nc2ccccc2)n1. The van der Waals surface area contributed by atoms with Gasteiger partial charge in [-0.2, -0.15) is 5.26 Å². The number of para-hydroxylation sites is 1. The molecule has 1 atom stereocenters. The molecule has 112 valence electrons. The van der Waals surface area contributed by atoms with Crippen molar-refractivity contribution in [1.82, 2.24) is 4.98 Å². The summed E-state index contributed by atoms with van der Waals surface area (Å²) in [5.41, 5.74) is 0.699. The summed E-state index contributed by atoms with van der Waals surface area (Å²) < 4.78 is 4.83. The number of anilines is 1. The predicted molar refractivity (Wildman–Crippen MR) is 81.5 cm³/mol. The molecule has 0 aliphatic heterocycles. The molecule has 0 spiro atoms. The van der Waals surface area contributed by atoms with Crippen LogP contribution in [-0.2, 0) is 9.53 Å². The van der Waals surface area contributed by atoms with E-state index in [1.807, 2.05) is 12.1 Å². The number of amides is 1. The molecule has 0 saturated carbocycles. The lowest BCUT2D eigenvalue weighted by molar-refractivity contribution is -0.116. The Kier molecular flexibility index (Phi) is 5.22. The van der Waals surface area contributed by atoms with Gasteiger partial charge in [-0.25, -0.2) is 9.78 Å². The molecule has 1 aromatic carbocycles. The highest BCUT2D eigenvalue weighted by Crippen LogP contribution is 2.22. The van der Waals surface area contributed by atoms with Crippen LogP contribution in [0.25, 0.3) is 0 Å². The fourth-order valence-electron chi connectivity index (χ4n) is 1.68. The molecular formula is C15H13N3O3S. The second-order valence-corrected chi connectivity index (χ2v) is 5.10. The molecule has 1 N–H and O–H groups in total. The van der Waals surface area contributed by atoms with Gasteiger partial charge < -0.3 is 10.1 Å². The summed E-state index contributed by atoms with van der Waals surface area (Å²) in [6.07, 6.45) is 0. The van der Waals surface area contributed by atoms with Gasteiger partial charge in [-0.3, -0.25) is 4.79 Å². The standard InChI is InChI=1S/C15H13N3O3S/c1-2-21-15(20)12-9-22-14(18-12)11(8-16)13(19)17-10-6-4-3-5-7-10/h3-7,9,11H,2H2,1H3,(H,17,19)/t11-/m1/s1. The number of rotatable bonds is 5. The highest BCUT2D eigenvalue weighted by molar-refractivity contribution is 7.10. The van der Waals surface area contributed by atoms with E-state index < -0.39 is 17.8 Å². The summed E-state index contributed by atoms with van der Waals surface area (Å²) in [6, 6.07) is 10.7. The van der Waals surface area contributed by atoms with E-state index in [1.54, 1.807) is 31.2 Å². The Morgan fingerprint density at radius 2 is 2.14 bits per heavy atom. The molecule has 0 unspecified atom stereocenters. The van der Waals surface area contributed by atoms with Crippen LogP contribution < -0.4 is 5.32 Å². The molecule has 2 aromatic rings. The molecule has 0 saturated heterocycles. The van der Waals surface area contributed by atoms with Gasteiger partial charge in [0.1, 0.15) is 5.01 Å². The summed E-state index contributed by atoms with van der Waals surface area (Å²) in [4.78, 5) is 27.8. The first-order valence-corrected chi connectivity index (χ1v) is 7.41. The zero-order valence-corrected chi connectivity index (χ0v) is 12.6. The Labute approximate surface area is 131 Å². The number of hydrogen-bond donors (Lipinski definition) is 1. The third-order valence-electron chi connectivity index (χ3n) is 2.69. The van der Waals surface area contributed by atoms with Crippen LogP contribution in [0.5, 0.6) is 0 Å². The van der Waals surface area contributed by atoms with Gasteiger partial charge in [0.15, 0.2) is 11.6 Å². The molecule has 0 radical (unpaired) electrons. The molecule has 6 nitrogen and oxygen atoms in total. The average molecular weight is 315 g/mol. The first-order chi connectivity index (χ1) is 10.7. The lowest BCUT2D eigenvalue weighted by Crippen LogP contribution is -2.20. The maximum Gasteiger partial charge on any atom is 0.357 e. The van der Waals surface area contributed by atoms with E-state index in [0.717, 1.165) is 11.3 Å². The number of benzene rings is 1. The molecular weight excluding hydrogens is 302 g/mol. The van der Waals surface area contributed by atoms with Crippen molar-refractivity contribution in [3.63, 3.8) is 0 Å². The first kappa shape index (κ1) is 15.7. The zero-order valence-electron chi connectivity index (χ0n) is 11.8. The van der Waals surface area contributed by atoms with Crippen molar-refractivity contribution >= 4 is 28.9 Å². The third kappa shape index (κ3) is 3.68. The van der Waals surface area contributed by atoms with Crippen molar-refractivity contribution in [2.45, 2.75) is 12.8 Å². The van der Waals surface area contributed by atoms with Crippen molar-refractivity contribution in [1.29, 1.82) is 5.26 Å². The van der Waals surface area contributed by atoms with Crippen molar-refractivity contribution in [3.05, 3.63) is 46.4 Å². The van der Waals surface area contributed by atoms with E-state index >= 15 is 0 Å². The smallest absolute Gasteiger partial charge is 0.357 e. The van der Waals surface area contributed by atoms with Gasteiger partial charge in [0.05, 0.1) is 12.7 Å². The van der Waals surface area contributed by atoms with E-state index in [2.05, 4.69) is 10.3 Å². The molecule has 7 heteroatoms. The minimum absolute atomic E-state index is 0.106. The van der Waals surface area contributed by atoms with E-state index in [9.17, 15) is 14.9 Å². The van der Waals surface area contributed by atoms with Crippen LogP contribution in [0.4, 0.5) is 5.69 Å². The highest BCUT2D eigenvalue weighted by atomic mass is 32.1. The van der Waals surface area contributed by atoms with E-state index in [-0.39, 0.29) is 17.3 Å². The van der Waals surface area contributed by atoms with Gasteiger partial charge in [-0.05, 0) is 19.1 Å². The average Bonchev–Trinajstić information content (AvgIpc) is 2.99. The number of aromatic nitrogens is 1. The summed E-state index contributed by atoms with van der Waals surface area (Å²) in [5.74, 6) is -2.13. The summed E-state index contributed by atoms with van der Waals surface area (Å²) in [6.45, 7) is 1.93. The fraction of sp³-hybridized carbons (Fsp3) is 0.200. The van der Waals surface area contributed by atoms with E-state index in [1.165, 1.54) is 5.38 Å². The maximum atomic E-state index is 12.2. The minimum Gasteiger partial charge on any atom is -0.461 e. The normalized spacial score (nSPS) is 11.3. The molecule has 2 rings (SSSR count). The van der Waals surface area contributed by atoms with Crippen LogP contribution >= 0.6 is 11.3 Å². The second kappa shape index (κ2) is 7.33. The van der Waals surface area contributed by atoms with Gasteiger partial charge in [-0.15, -0.1) is 11.3 Å². The van der Waals surface area contributed by atoms with Crippen LogP contribution in [0.15, 0.2) is 35.7 Å². The Balaban J connectivity index is 2.13. The predicted octanol–water partition coefficient (Wildman–Crippen LogP) is 2.57. The summed E-state index contributed by atoms with van der Waals surface area (Å²) >= 11 is 1.08. The zero-order chi connectivity index (χ0) is 15.9. The monoisotopic (exact) mass is 315 g/mol. The first-order valence-electron chi connectivity index (χ1n) is 6.53. The Morgan fingerprint density at radius 1 is 1.41 bits per heavy atom. The molecule has 0 bridgehead atoms. The van der Waals surface area contributed by atoms with Gasteiger partial charge in [-0.1, -0.05) is 18.2 Å². The molecule has 0 aliphatic carbocycles. The fourth-order valence-corrected chi connectivity index (χ4v) is 2.51. The molecule has 0 aliphatic rings. The molecule has 1 aromatic heterocycles. The van der Waals surface area contributed by atoms with Gasteiger partial charge >= 0.3 is 5.97 Å². The second-order valence-electron chi connectivity index (χ2n) is 4.21. The summed E-state index contributed by atoms with van der Waals surface area (Å²) in [7, 11) is 0. The van der Waals surface area contributed by atoms with E-state index in [0.29, 0.717) is 5.69 Å². The Morgan fingerprint density at radius 3 is 2.77 bits per heavy atom. The van der Waals surface area contributed by atoms with Crippen molar-refractivity contribution in [3.8, 4) is 6.07 Å². The van der Waals surface area contributed by atoms with Crippen molar-refractivity contribution < 1.29 is 14.3 Å². The number of nitrogens with zero attached hydrogens (tertiary/aromatic N) is 2. The number of nitriles is 1. The van der Waals surface area contributed by atoms with Crippen LogP contribution in [0.3, 0.4) is 0 Å². The number of thiazole rings is 1. The number of nitrogens with one attached hydrogen (secondary N) is 1. The number of ether oxygens (including phenoxy) is 1.